The van der Waals surface area contributed by atoms with Crippen LogP contribution in [0.5, 0.6) is 5.75 Å². The fourth-order valence-electron chi connectivity index (χ4n) is 2.50. The summed E-state index contributed by atoms with van der Waals surface area (Å²) in [4.78, 5) is 11.8. The molecule has 3 rings (SSSR count). The van der Waals surface area contributed by atoms with Gasteiger partial charge in [0, 0.05) is 12.6 Å². The maximum Gasteiger partial charge on any atom is 0.287 e. The summed E-state index contributed by atoms with van der Waals surface area (Å²) in [6.07, 6.45) is 3.04. The van der Waals surface area contributed by atoms with Crippen molar-refractivity contribution in [3.8, 4) is 5.75 Å². The number of ether oxygens (including phenoxy) is 1. The van der Waals surface area contributed by atoms with E-state index in [0.717, 1.165) is 17.5 Å². The number of nitrogens with zero attached hydrogens (tertiary/aromatic N) is 2. The van der Waals surface area contributed by atoms with Gasteiger partial charge in [0.05, 0.1) is 24.5 Å². The molecule has 1 aromatic heterocycles. The second-order valence-corrected chi connectivity index (χ2v) is 5.55. The second-order valence-electron chi connectivity index (χ2n) is 5.17. The lowest BCUT2D eigenvalue weighted by Crippen LogP contribution is -2.22. The molecule has 0 aliphatic carbocycles. The third kappa shape index (κ3) is 2.78. The second kappa shape index (κ2) is 5.96. The average molecular weight is 324 g/mol. The first kappa shape index (κ1) is 14.8. The molecule has 0 amide bonds. The monoisotopic (exact) mass is 323 g/mol. The van der Waals surface area contributed by atoms with Gasteiger partial charge in [0.1, 0.15) is 16.6 Å². The van der Waals surface area contributed by atoms with Crippen LogP contribution in [0.25, 0.3) is 0 Å². The third-order valence-corrected chi connectivity index (χ3v) is 4.02. The summed E-state index contributed by atoms with van der Waals surface area (Å²) >= 11 is 6.08. The quantitative estimate of drug-likeness (QED) is 0.923. The fraction of sp³-hybridized carbons (Fsp3) is 0.333. The molecular weight excluding hydrogens is 309 g/mol. The molecule has 1 aliphatic heterocycles. The first-order valence-electron chi connectivity index (χ1n) is 6.97. The van der Waals surface area contributed by atoms with Gasteiger partial charge in [-0.2, -0.15) is 5.10 Å². The SMILES string of the molecule is Cn1ncc(NC2CCCOc3ccc(F)cc32)c(Cl)c1=O. The van der Waals surface area contributed by atoms with Gasteiger partial charge in [-0.15, -0.1) is 0 Å². The zero-order valence-electron chi connectivity index (χ0n) is 12.0. The molecule has 0 radical (unpaired) electrons. The van der Waals surface area contributed by atoms with Gasteiger partial charge in [-0.1, -0.05) is 11.6 Å². The molecule has 0 spiro atoms. The lowest BCUT2D eigenvalue weighted by atomic mass is 10.0. The van der Waals surface area contributed by atoms with Gasteiger partial charge >= 0.3 is 0 Å². The fourth-order valence-corrected chi connectivity index (χ4v) is 2.72. The van der Waals surface area contributed by atoms with Crippen molar-refractivity contribution in [2.24, 2.45) is 7.05 Å². The lowest BCUT2D eigenvalue weighted by Gasteiger charge is -2.20. The van der Waals surface area contributed by atoms with Crippen molar-refractivity contribution in [2.45, 2.75) is 18.9 Å². The lowest BCUT2D eigenvalue weighted by molar-refractivity contribution is 0.316. The van der Waals surface area contributed by atoms with Crippen LogP contribution >= 0.6 is 11.6 Å². The molecule has 7 heteroatoms. The topological polar surface area (TPSA) is 56.1 Å². The Labute approximate surface area is 131 Å². The summed E-state index contributed by atoms with van der Waals surface area (Å²) in [5, 5.41) is 7.21. The molecule has 1 aliphatic rings. The predicted molar refractivity (Wildman–Crippen MR) is 82.0 cm³/mol. The molecule has 0 saturated heterocycles. The maximum atomic E-state index is 13.6. The van der Waals surface area contributed by atoms with E-state index in [1.165, 1.54) is 25.4 Å². The number of benzene rings is 1. The van der Waals surface area contributed by atoms with E-state index >= 15 is 0 Å². The van der Waals surface area contributed by atoms with Crippen molar-refractivity contribution in [2.75, 3.05) is 11.9 Å². The highest BCUT2D eigenvalue weighted by molar-refractivity contribution is 6.32. The van der Waals surface area contributed by atoms with E-state index in [1.807, 2.05) is 0 Å². The van der Waals surface area contributed by atoms with Gasteiger partial charge in [0.15, 0.2) is 0 Å². The van der Waals surface area contributed by atoms with Gasteiger partial charge in [0.2, 0.25) is 0 Å². The van der Waals surface area contributed by atoms with Crippen LogP contribution in [-0.2, 0) is 7.05 Å². The van der Waals surface area contributed by atoms with Crippen LogP contribution in [0.15, 0.2) is 29.2 Å². The minimum absolute atomic E-state index is 0.0700. The van der Waals surface area contributed by atoms with Crippen LogP contribution in [0.3, 0.4) is 0 Å². The van der Waals surface area contributed by atoms with Gasteiger partial charge in [-0.3, -0.25) is 4.79 Å². The Morgan fingerprint density at radius 3 is 3.14 bits per heavy atom. The highest BCUT2D eigenvalue weighted by atomic mass is 35.5. The molecule has 1 aromatic carbocycles. The molecule has 0 fully saturated rings. The smallest absolute Gasteiger partial charge is 0.287 e. The zero-order valence-corrected chi connectivity index (χ0v) is 12.7. The van der Waals surface area contributed by atoms with Crippen molar-refractivity contribution in [1.29, 1.82) is 0 Å². The zero-order chi connectivity index (χ0) is 15.7. The van der Waals surface area contributed by atoms with Crippen molar-refractivity contribution < 1.29 is 9.13 Å². The maximum absolute atomic E-state index is 13.6. The summed E-state index contributed by atoms with van der Waals surface area (Å²) in [6.45, 7) is 0.569. The summed E-state index contributed by atoms with van der Waals surface area (Å²) in [5.74, 6) is 0.313. The molecule has 2 aromatic rings. The summed E-state index contributed by atoms with van der Waals surface area (Å²) in [7, 11) is 1.53. The normalized spacial score (nSPS) is 17.3. The molecule has 0 bridgehead atoms. The van der Waals surface area contributed by atoms with Crippen LogP contribution in [0.2, 0.25) is 5.02 Å². The van der Waals surface area contributed by atoms with E-state index in [9.17, 15) is 9.18 Å². The highest BCUT2D eigenvalue weighted by Gasteiger charge is 2.22. The molecule has 1 unspecified atom stereocenters. The minimum Gasteiger partial charge on any atom is -0.493 e. The van der Waals surface area contributed by atoms with Crippen LogP contribution in [0, 0.1) is 5.82 Å². The van der Waals surface area contributed by atoms with Crippen molar-refractivity contribution in [1.82, 2.24) is 9.78 Å². The molecule has 22 heavy (non-hydrogen) atoms. The Balaban J connectivity index is 1.98. The van der Waals surface area contributed by atoms with Gasteiger partial charge in [-0.25, -0.2) is 9.07 Å². The molecule has 0 saturated carbocycles. The summed E-state index contributed by atoms with van der Waals surface area (Å²) in [5.41, 5.74) is 0.775. The van der Waals surface area contributed by atoms with Gasteiger partial charge in [-0.05, 0) is 31.0 Å². The van der Waals surface area contributed by atoms with E-state index in [1.54, 1.807) is 6.07 Å². The first-order chi connectivity index (χ1) is 10.6. The molecule has 5 nitrogen and oxygen atoms in total. The van der Waals surface area contributed by atoms with E-state index < -0.39 is 0 Å². The minimum atomic E-state index is -0.379. The number of anilines is 1. The molecular formula is C15H15ClFN3O2. The van der Waals surface area contributed by atoms with Crippen molar-refractivity contribution >= 4 is 17.3 Å². The predicted octanol–water partition coefficient (Wildman–Crippen LogP) is 2.90. The highest BCUT2D eigenvalue weighted by Crippen LogP contribution is 2.35. The van der Waals surface area contributed by atoms with Gasteiger partial charge < -0.3 is 10.1 Å². The van der Waals surface area contributed by atoms with Gasteiger partial charge in [0.25, 0.3) is 5.56 Å². The number of hydrogen-bond donors (Lipinski definition) is 1. The Kier molecular flexibility index (Phi) is 4.02. The van der Waals surface area contributed by atoms with Crippen molar-refractivity contribution in [3.63, 3.8) is 0 Å². The average Bonchev–Trinajstić information content (AvgIpc) is 2.70. The number of fused-ring (bicyclic) bond motifs is 1. The number of aryl methyl sites for hydroxylation is 1. The number of hydrogen-bond acceptors (Lipinski definition) is 4. The molecule has 116 valence electrons. The molecule has 2 heterocycles. The number of rotatable bonds is 2. The third-order valence-electron chi connectivity index (χ3n) is 3.65. The number of nitrogens with one attached hydrogen (secondary N) is 1. The number of halogens is 2. The van der Waals surface area contributed by atoms with Crippen LogP contribution in [0.1, 0.15) is 24.4 Å². The Hall–Kier alpha value is -2.08. The molecule has 1 N–H and O–H groups in total. The van der Waals surface area contributed by atoms with E-state index in [-0.39, 0.29) is 22.4 Å². The van der Waals surface area contributed by atoms with Crippen molar-refractivity contribution in [3.05, 3.63) is 51.2 Å². The van der Waals surface area contributed by atoms with Crippen LogP contribution in [0.4, 0.5) is 10.1 Å². The van der Waals surface area contributed by atoms with Crippen LogP contribution < -0.4 is 15.6 Å². The largest absolute Gasteiger partial charge is 0.493 e. The summed E-state index contributed by atoms with van der Waals surface area (Å²) < 4.78 is 20.3. The van der Waals surface area contributed by atoms with E-state index in [2.05, 4.69) is 10.4 Å². The van der Waals surface area contributed by atoms with E-state index in [4.69, 9.17) is 16.3 Å². The Bertz CT molecular complexity index is 763. The Morgan fingerprint density at radius 1 is 1.50 bits per heavy atom. The number of aromatic nitrogens is 2. The molecule has 1 atom stereocenters. The van der Waals surface area contributed by atoms with E-state index in [0.29, 0.717) is 23.6 Å². The first-order valence-corrected chi connectivity index (χ1v) is 7.34. The Morgan fingerprint density at radius 2 is 2.32 bits per heavy atom. The summed E-state index contributed by atoms with van der Waals surface area (Å²) in [6, 6.07) is 4.24. The van der Waals surface area contributed by atoms with Crippen LogP contribution in [-0.4, -0.2) is 16.4 Å². The standard InChI is InChI=1S/C15H15ClFN3O2/c1-20-15(21)14(16)12(8-18-20)19-11-3-2-6-22-13-5-4-9(17)7-10(11)13/h4-5,7-8,11,19H,2-3,6H2,1H3.